The second-order valence-corrected chi connectivity index (χ2v) is 14.0. The number of aromatic nitrogens is 2. The van der Waals surface area contributed by atoms with Crippen LogP contribution in [0.3, 0.4) is 0 Å². The van der Waals surface area contributed by atoms with Crippen LogP contribution in [-0.4, -0.2) is 44.3 Å². The number of benzene rings is 3. The highest BCUT2D eigenvalue weighted by molar-refractivity contribution is 5.97. The van der Waals surface area contributed by atoms with Crippen LogP contribution >= 0.6 is 0 Å². The summed E-state index contributed by atoms with van der Waals surface area (Å²) in [7, 11) is 0. The summed E-state index contributed by atoms with van der Waals surface area (Å²) < 4.78 is 0. The number of carbonyl (C=O) groups is 3. The Morgan fingerprint density at radius 3 is 2.22 bits per heavy atom. The van der Waals surface area contributed by atoms with Crippen molar-refractivity contribution in [1.29, 1.82) is 0 Å². The van der Waals surface area contributed by atoms with E-state index in [1.807, 2.05) is 42.7 Å². The fourth-order valence-electron chi connectivity index (χ4n) is 7.57. The molecule has 0 aliphatic heterocycles. The minimum atomic E-state index is -1.11. The maximum absolute atomic E-state index is 13.4. The van der Waals surface area contributed by atoms with Crippen LogP contribution in [0.25, 0.3) is 17.0 Å². The molecule has 2 aliphatic carbocycles. The van der Waals surface area contributed by atoms with Gasteiger partial charge in [-0.15, -0.1) is 0 Å². The van der Waals surface area contributed by atoms with Gasteiger partial charge in [-0.05, 0) is 103 Å². The van der Waals surface area contributed by atoms with E-state index in [0.29, 0.717) is 22.8 Å². The molecule has 3 aromatic carbocycles. The summed E-state index contributed by atoms with van der Waals surface area (Å²) in [6.07, 6.45) is 16.8. The molecule has 4 aromatic rings. The van der Waals surface area contributed by atoms with Crippen molar-refractivity contribution in [2.75, 3.05) is 17.6 Å². The zero-order chi connectivity index (χ0) is 35.7. The maximum atomic E-state index is 13.4. The van der Waals surface area contributed by atoms with Crippen LogP contribution in [0.4, 0.5) is 11.4 Å². The molecule has 0 bridgehead atoms. The Morgan fingerprint density at radius 2 is 1.59 bits per heavy atom. The van der Waals surface area contributed by atoms with Crippen molar-refractivity contribution in [3.8, 4) is 11.4 Å². The number of anilines is 2. The Kier molecular flexibility index (Phi) is 11.6. The summed E-state index contributed by atoms with van der Waals surface area (Å²) >= 11 is 0. The van der Waals surface area contributed by atoms with E-state index >= 15 is 0 Å². The summed E-state index contributed by atoms with van der Waals surface area (Å²) in [5, 5.41) is 12.4. The average Bonchev–Trinajstić information content (AvgIpc) is 3.15. The van der Waals surface area contributed by atoms with Crippen molar-refractivity contribution in [2.45, 2.75) is 71.3 Å². The smallest absolute Gasteiger partial charge is 0.323 e. The first kappa shape index (κ1) is 35.5. The maximum Gasteiger partial charge on any atom is 0.323 e. The zero-order valence-corrected chi connectivity index (χ0v) is 29.3. The number of rotatable bonds is 12. The molecule has 264 valence electrons. The van der Waals surface area contributed by atoms with Gasteiger partial charge in [0, 0.05) is 47.0 Å². The third kappa shape index (κ3) is 9.48. The second-order valence-electron chi connectivity index (χ2n) is 14.0. The van der Waals surface area contributed by atoms with Crippen LogP contribution in [0, 0.1) is 17.8 Å². The Hall–Kier alpha value is -5.31. The van der Waals surface area contributed by atoms with Gasteiger partial charge in [-0.2, -0.15) is 0 Å². The molecule has 1 aromatic heterocycles. The quantitative estimate of drug-likeness (QED) is 0.128. The predicted molar refractivity (Wildman–Crippen MR) is 201 cm³/mol. The van der Waals surface area contributed by atoms with Gasteiger partial charge < -0.3 is 21.1 Å². The molecule has 1 saturated carbocycles. The van der Waals surface area contributed by atoms with Crippen LogP contribution in [0.1, 0.15) is 85.3 Å². The number of aliphatic carboxylic acids is 1. The van der Waals surface area contributed by atoms with Crippen molar-refractivity contribution in [3.05, 3.63) is 114 Å². The van der Waals surface area contributed by atoms with Crippen molar-refractivity contribution < 1.29 is 19.5 Å². The molecule has 2 amide bonds. The average molecular weight is 686 g/mol. The van der Waals surface area contributed by atoms with Gasteiger partial charge in [0.25, 0.3) is 5.91 Å². The molecule has 9 heteroatoms. The van der Waals surface area contributed by atoms with E-state index in [1.165, 1.54) is 49.0 Å². The standard InChI is InChI=1S/C42H47N5O4/c1-2-28-6-10-31(11-7-28)32-14-16-33(17-15-32)36-24-44-41(45-25-36)34-12-8-29(9-13-34)26-47(27-40(49)50)42(51)35-18-20-38(21-19-35)46-39(48)23-30-4-3-5-37(43)22-30/h3-5,8-9,12-13,16,18-22,24-25,28,31-32H,2,6-7,10-11,14-15,17,23,26-27,43H2,1H3,(H,46,48)(H,49,50). The lowest BCUT2D eigenvalue weighted by molar-refractivity contribution is -0.137. The first-order valence-electron chi connectivity index (χ1n) is 18.1. The van der Waals surface area contributed by atoms with E-state index in [9.17, 15) is 19.5 Å². The monoisotopic (exact) mass is 685 g/mol. The molecule has 1 atom stereocenters. The number of amides is 2. The van der Waals surface area contributed by atoms with E-state index in [4.69, 9.17) is 5.73 Å². The SMILES string of the molecule is CCC1CCC(C2CC=C(c3cnc(-c4ccc(CN(CC(=O)O)C(=O)c5ccc(NC(=O)Cc6cccc(N)c6)cc5)cc4)nc3)CC2)CC1. The number of carbonyl (C=O) groups excluding carboxylic acids is 2. The van der Waals surface area contributed by atoms with Crippen molar-refractivity contribution in [1.82, 2.24) is 14.9 Å². The molecule has 4 N–H and O–H groups in total. The van der Waals surface area contributed by atoms with Crippen LogP contribution in [0.15, 0.2) is 91.3 Å². The van der Waals surface area contributed by atoms with Crippen molar-refractivity contribution in [3.63, 3.8) is 0 Å². The first-order valence-corrected chi connectivity index (χ1v) is 18.1. The van der Waals surface area contributed by atoms with E-state index in [2.05, 4.69) is 28.3 Å². The van der Waals surface area contributed by atoms with Crippen LogP contribution in [0.2, 0.25) is 0 Å². The van der Waals surface area contributed by atoms with Gasteiger partial charge >= 0.3 is 5.97 Å². The molecule has 0 radical (unpaired) electrons. The molecule has 6 rings (SSSR count). The van der Waals surface area contributed by atoms with Gasteiger partial charge in [-0.25, -0.2) is 9.97 Å². The number of hydrogen-bond donors (Lipinski definition) is 3. The first-order chi connectivity index (χ1) is 24.7. The summed E-state index contributed by atoms with van der Waals surface area (Å²) in [6.45, 7) is 1.98. The van der Waals surface area contributed by atoms with E-state index in [0.717, 1.165) is 52.8 Å². The van der Waals surface area contributed by atoms with E-state index in [-0.39, 0.29) is 18.9 Å². The fourth-order valence-corrected chi connectivity index (χ4v) is 7.57. The lowest BCUT2D eigenvalue weighted by Crippen LogP contribution is -2.35. The number of nitrogen functional groups attached to an aromatic ring is 1. The van der Waals surface area contributed by atoms with Gasteiger partial charge in [-0.3, -0.25) is 14.4 Å². The topological polar surface area (TPSA) is 139 Å². The number of nitrogens with zero attached hydrogens (tertiary/aromatic N) is 3. The zero-order valence-electron chi connectivity index (χ0n) is 29.3. The molecule has 0 spiro atoms. The van der Waals surface area contributed by atoms with Gasteiger partial charge in [0.1, 0.15) is 6.54 Å². The summed E-state index contributed by atoms with van der Waals surface area (Å²) in [5.41, 5.74) is 12.1. The van der Waals surface area contributed by atoms with Gasteiger partial charge in [-0.1, -0.05) is 68.7 Å². The lowest BCUT2D eigenvalue weighted by Gasteiger charge is -2.35. The summed E-state index contributed by atoms with van der Waals surface area (Å²) in [5.74, 6) is 1.48. The van der Waals surface area contributed by atoms with E-state index in [1.54, 1.807) is 42.5 Å². The highest BCUT2D eigenvalue weighted by atomic mass is 16.4. The number of hydrogen-bond acceptors (Lipinski definition) is 6. The second kappa shape index (κ2) is 16.6. The fraction of sp³-hybridized carbons (Fsp3) is 0.357. The number of carboxylic acid groups (broad SMARTS) is 1. The number of allylic oxidation sites excluding steroid dienone is 2. The number of carboxylic acids is 1. The molecule has 1 fully saturated rings. The molecule has 1 unspecified atom stereocenters. The van der Waals surface area contributed by atoms with Gasteiger partial charge in [0.05, 0.1) is 6.42 Å². The minimum absolute atomic E-state index is 0.110. The van der Waals surface area contributed by atoms with Crippen molar-refractivity contribution >= 4 is 34.7 Å². The highest BCUT2D eigenvalue weighted by Crippen LogP contribution is 2.41. The molecule has 9 nitrogen and oxygen atoms in total. The Bertz CT molecular complexity index is 1850. The third-order valence-electron chi connectivity index (χ3n) is 10.5. The Labute approximate surface area is 300 Å². The minimum Gasteiger partial charge on any atom is -0.480 e. The molecule has 2 aliphatic rings. The number of nitrogens with one attached hydrogen (secondary N) is 1. The van der Waals surface area contributed by atoms with Crippen LogP contribution in [-0.2, 0) is 22.6 Å². The Balaban J connectivity index is 1.04. The number of nitrogens with two attached hydrogens (primary N) is 1. The molecule has 1 heterocycles. The highest BCUT2D eigenvalue weighted by Gasteiger charge is 2.28. The van der Waals surface area contributed by atoms with Gasteiger partial charge in [0.2, 0.25) is 5.91 Å². The molecule has 0 saturated heterocycles. The summed E-state index contributed by atoms with van der Waals surface area (Å²) in [6, 6.07) is 21.1. The predicted octanol–water partition coefficient (Wildman–Crippen LogP) is 8.03. The molecule has 51 heavy (non-hydrogen) atoms. The van der Waals surface area contributed by atoms with Crippen LogP contribution in [0.5, 0.6) is 0 Å². The van der Waals surface area contributed by atoms with E-state index < -0.39 is 18.4 Å². The van der Waals surface area contributed by atoms with Gasteiger partial charge in [0.15, 0.2) is 5.82 Å². The van der Waals surface area contributed by atoms with Crippen LogP contribution < -0.4 is 11.1 Å². The Morgan fingerprint density at radius 1 is 0.863 bits per heavy atom. The largest absolute Gasteiger partial charge is 0.480 e. The third-order valence-corrected chi connectivity index (χ3v) is 10.5. The lowest BCUT2D eigenvalue weighted by atomic mass is 9.71. The molecular weight excluding hydrogens is 638 g/mol. The molecular formula is C42H47N5O4. The normalized spacial score (nSPS) is 18.8. The van der Waals surface area contributed by atoms with Crippen molar-refractivity contribution in [2.24, 2.45) is 17.8 Å². The summed E-state index contributed by atoms with van der Waals surface area (Å²) in [4.78, 5) is 48.2.